The molecule has 130 valence electrons. The van der Waals surface area contributed by atoms with Gasteiger partial charge >= 0.3 is 0 Å². The van der Waals surface area contributed by atoms with Crippen LogP contribution in [0.3, 0.4) is 0 Å². The highest BCUT2D eigenvalue weighted by Crippen LogP contribution is 2.39. The van der Waals surface area contributed by atoms with E-state index in [1.807, 2.05) is 36.4 Å². The zero-order valence-electron chi connectivity index (χ0n) is 14.1. The fraction of sp³-hybridized carbons (Fsp3) is 0.316. The summed E-state index contributed by atoms with van der Waals surface area (Å²) in [5.74, 6) is 0. The molecule has 0 spiro atoms. The number of thiazole rings is 1. The van der Waals surface area contributed by atoms with E-state index in [4.69, 9.17) is 4.98 Å². The zero-order chi connectivity index (χ0) is 17.4. The van der Waals surface area contributed by atoms with Crippen molar-refractivity contribution in [1.29, 1.82) is 0 Å². The number of hydrogen-bond acceptors (Lipinski definition) is 4. The number of sulfonamides is 1. The Morgan fingerprint density at radius 2 is 1.92 bits per heavy atom. The second-order valence-electron chi connectivity index (χ2n) is 6.29. The number of nitrogens with zero attached hydrogens (tertiary/aromatic N) is 2. The van der Waals surface area contributed by atoms with Gasteiger partial charge in [-0.05, 0) is 49.1 Å². The molecule has 6 heteroatoms. The van der Waals surface area contributed by atoms with Crippen molar-refractivity contribution >= 4 is 31.6 Å². The zero-order valence-corrected chi connectivity index (χ0v) is 15.7. The highest BCUT2D eigenvalue weighted by atomic mass is 32.2. The highest BCUT2D eigenvalue weighted by molar-refractivity contribution is 7.89. The average Bonchev–Trinajstić information content (AvgIpc) is 3.28. The van der Waals surface area contributed by atoms with Crippen LogP contribution in [0.1, 0.15) is 36.4 Å². The van der Waals surface area contributed by atoms with E-state index in [0.29, 0.717) is 11.4 Å². The number of benzene rings is 2. The SMILES string of the molecule is CCc1ccc(S(=O)(=O)N2CCCC2c2nc3ccccc3s2)cc1. The molecule has 0 bridgehead atoms. The molecule has 25 heavy (non-hydrogen) atoms. The highest BCUT2D eigenvalue weighted by Gasteiger charge is 2.37. The quantitative estimate of drug-likeness (QED) is 0.683. The van der Waals surface area contributed by atoms with E-state index in [1.165, 1.54) is 0 Å². The topological polar surface area (TPSA) is 50.3 Å². The van der Waals surface area contributed by atoms with Crippen LogP contribution in [-0.2, 0) is 16.4 Å². The Hall–Kier alpha value is -1.76. The van der Waals surface area contributed by atoms with Gasteiger partial charge in [-0.25, -0.2) is 13.4 Å². The van der Waals surface area contributed by atoms with E-state index in [0.717, 1.165) is 40.1 Å². The van der Waals surface area contributed by atoms with Gasteiger partial charge in [0.2, 0.25) is 10.0 Å². The van der Waals surface area contributed by atoms with Gasteiger partial charge in [-0.3, -0.25) is 0 Å². The Bertz CT molecular complexity index is 961. The van der Waals surface area contributed by atoms with E-state index >= 15 is 0 Å². The smallest absolute Gasteiger partial charge is 0.239 e. The molecule has 3 aromatic rings. The summed E-state index contributed by atoms with van der Waals surface area (Å²) in [6.07, 6.45) is 2.59. The van der Waals surface area contributed by atoms with Gasteiger partial charge in [0.1, 0.15) is 5.01 Å². The van der Waals surface area contributed by atoms with Crippen molar-refractivity contribution in [3.63, 3.8) is 0 Å². The number of fused-ring (bicyclic) bond motifs is 1. The Balaban J connectivity index is 1.70. The molecule has 1 aromatic heterocycles. The van der Waals surface area contributed by atoms with Crippen molar-refractivity contribution in [2.75, 3.05) is 6.54 Å². The number of rotatable bonds is 4. The first-order valence-corrected chi connectivity index (χ1v) is 10.8. The minimum absolute atomic E-state index is 0.159. The summed E-state index contributed by atoms with van der Waals surface area (Å²) in [6.45, 7) is 2.62. The monoisotopic (exact) mass is 372 g/mol. The van der Waals surface area contributed by atoms with Gasteiger partial charge in [0.05, 0.1) is 21.2 Å². The third kappa shape index (κ3) is 2.99. The predicted octanol–water partition coefficient (Wildman–Crippen LogP) is 4.38. The maximum absolute atomic E-state index is 13.1. The molecular formula is C19H20N2O2S2. The second kappa shape index (κ2) is 6.52. The van der Waals surface area contributed by atoms with Gasteiger partial charge in [-0.15, -0.1) is 11.3 Å². The molecule has 1 aliphatic heterocycles. The molecule has 1 saturated heterocycles. The van der Waals surface area contributed by atoms with Crippen molar-refractivity contribution in [3.8, 4) is 0 Å². The molecule has 2 heterocycles. The van der Waals surface area contributed by atoms with Crippen LogP contribution in [0.2, 0.25) is 0 Å². The molecule has 1 aliphatic rings. The molecule has 2 aromatic carbocycles. The van der Waals surface area contributed by atoms with Crippen molar-refractivity contribution in [2.24, 2.45) is 0 Å². The Labute approximate surface area is 152 Å². The van der Waals surface area contributed by atoms with Gasteiger partial charge < -0.3 is 0 Å². The van der Waals surface area contributed by atoms with E-state index in [-0.39, 0.29) is 6.04 Å². The standard InChI is InChI=1S/C19H20N2O2S2/c1-2-14-9-11-15(12-10-14)25(22,23)21-13-5-7-17(21)19-20-16-6-3-4-8-18(16)24-19/h3-4,6,8-12,17H,2,5,7,13H2,1H3. The summed E-state index contributed by atoms with van der Waals surface area (Å²) >= 11 is 1.60. The van der Waals surface area contributed by atoms with Gasteiger partial charge in [0.25, 0.3) is 0 Å². The minimum Gasteiger partial charge on any atom is -0.239 e. The maximum atomic E-state index is 13.1. The maximum Gasteiger partial charge on any atom is 0.243 e. The first-order chi connectivity index (χ1) is 12.1. The third-order valence-corrected chi connectivity index (χ3v) is 7.80. The molecule has 4 nitrogen and oxygen atoms in total. The lowest BCUT2D eigenvalue weighted by Crippen LogP contribution is -2.30. The van der Waals surface area contributed by atoms with E-state index < -0.39 is 10.0 Å². The van der Waals surface area contributed by atoms with E-state index in [2.05, 4.69) is 6.92 Å². The Morgan fingerprint density at radius 3 is 2.64 bits per heavy atom. The summed E-state index contributed by atoms with van der Waals surface area (Å²) in [4.78, 5) is 5.06. The number of para-hydroxylation sites is 1. The van der Waals surface area contributed by atoms with Crippen LogP contribution >= 0.6 is 11.3 Å². The number of hydrogen-bond donors (Lipinski definition) is 0. The van der Waals surface area contributed by atoms with Crippen LogP contribution in [0.4, 0.5) is 0 Å². The summed E-state index contributed by atoms with van der Waals surface area (Å²) in [5.41, 5.74) is 2.09. The predicted molar refractivity (Wildman–Crippen MR) is 101 cm³/mol. The van der Waals surface area contributed by atoms with Crippen molar-refractivity contribution < 1.29 is 8.42 Å². The third-order valence-electron chi connectivity index (χ3n) is 4.74. The summed E-state index contributed by atoms with van der Waals surface area (Å²) in [5, 5.41) is 0.896. The molecule has 1 atom stereocenters. The van der Waals surface area contributed by atoms with Crippen LogP contribution in [-0.4, -0.2) is 24.3 Å². The summed E-state index contributed by atoms with van der Waals surface area (Å²) in [7, 11) is -3.50. The molecular weight excluding hydrogens is 352 g/mol. The van der Waals surface area contributed by atoms with Crippen molar-refractivity contribution in [2.45, 2.75) is 37.1 Å². The molecule has 0 amide bonds. The Morgan fingerprint density at radius 1 is 1.16 bits per heavy atom. The fourth-order valence-electron chi connectivity index (χ4n) is 3.34. The first-order valence-electron chi connectivity index (χ1n) is 8.56. The molecule has 0 saturated carbocycles. The van der Waals surface area contributed by atoms with Gasteiger partial charge in [-0.2, -0.15) is 4.31 Å². The lowest BCUT2D eigenvalue weighted by atomic mass is 10.2. The van der Waals surface area contributed by atoms with Crippen LogP contribution in [0.15, 0.2) is 53.4 Å². The molecule has 0 aliphatic carbocycles. The van der Waals surface area contributed by atoms with Crippen LogP contribution in [0.5, 0.6) is 0 Å². The van der Waals surface area contributed by atoms with E-state index in [9.17, 15) is 8.42 Å². The molecule has 0 radical (unpaired) electrons. The fourth-order valence-corrected chi connectivity index (χ4v) is 6.18. The second-order valence-corrected chi connectivity index (χ2v) is 9.24. The van der Waals surface area contributed by atoms with Crippen molar-refractivity contribution in [1.82, 2.24) is 9.29 Å². The average molecular weight is 373 g/mol. The lowest BCUT2D eigenvalue weighted by molar-refractivity contribution is 0.396. The van der Waals surface area contributed by atoms with Gasteiger partial charge in [-0.1, -0.05) is 31.2 Å². The summed E-state index contributed by atoms with van der Waals surface area (Å²) in [6, 6.07) is 15.1. The van der Waals surface area contributed by atoms with Crippen molar-refractivity contribution in [3.05, 3.63) is 59.1 Å². The van der Waals surface area contributed by atoms with Crippen LogP contribution in [0, 0.1) is 0 Å². The molecule has 0 N–H and O–H groups in total. The molecule has 1 fully saturated rings. The lowest BCUT2D eigenvalue weighted by Gasteiger charge is -2.22. The van der Waals surface area contributed by atoms with Gasteiger partial charge in [0, 0.05) is 6.54 Å². The molecule has 4 rings (SSSR count). The Kier molecular flexibility index (Phi) is 4.35. The van der Waals surface area contributed by atoms with Crippen LogP contribution in [0.25, 0.3) is 10.2 Å². The summed E-state index contributed by atoms with van der Waals surface area (Å²) < 4.78 is 29.0. The normalized spacial score (nSPS) is 18.8. The first kappa shape index (κ1) is 16.7. The largest absolute Gasteiger partial charge is 0.243 e. The van der Waals surface area contributed by atoms with E-state index in [1.54, 1.807) is 27.8 Å². The number of aromatic nitrogens is 1. The molecule has 1 unspecified atom stereocenters. The minimum atomic E-state index is -3.50. The van der Waals surface area contributed by atoms with Gasteiger partial charge in [0.15, 0.2) is 0 Å². The van der Waals surface area contributed by atoms with Crippen LogP contribution < -0.4 is 0 Å². The number of aryl methyl sites for hydroxylation is 1.